The van der Waals surface area contributed by atoms with Gasteiger partial charge < -0.3 is 9.64 Å². The molecule has 1 N–H and O–H groups in total. The number of anilines is 2. The van der Waals surface area contributed by atoms with Crippen molar-refractivity contribution in [2.45, 2.75) is 26.2 Å². The lowest BCUT2D eigenvalue weighted by atomic mass is 10.1. The van der Waals surface area contributed by atoms with Gasteiger partial charge >= 0.3 is 0 Å². The lowest BCUT2D eigenvalue weighted by molar-refractivity contribution is -0.119. The molecule has 1 heterocycles. The number of ether oxygens (including phenoxy) is 1. The quantitative estimate of drug-likeness (QED) is 0.902. The van der Waals surface area contributed by atoms with Crippen molar-refractivity contribution in [3.63, 3.8) is 0 Å². The Labute approximate surface area is 125 Å². The van der Waals surface area contributed by atoms with E-state index in [9.17, 15) is 13.2 Å². The number of nitrogens with zero attached hydrogens (tertiary/aromatic N) is 1. The average Bonchev–Trinajstić information content (AvgIpc) is 2.47. The summed E-state index contributed by atoms with van der Waals surface area (Å²) in [4.78, 5) is 13.7. The molecule has 6 nitrogen and oxygen atoms in total. The molecular formula is C14H20N2O4S. The molecular weight excluding hydrogens is 292 g/mol. The number of piperidine rings is 1. The van der Waals surface area contributed by atoms with Crippen LogP contribution in [0.5, 0.6) is 5.75 Å². The van der Waals surface area contributed by atoms with Crippen molar-refractivity contribution in [3.05, 3.63) is 18.2 Å². The van der Waals surface area contributed by atoms with Gasteiger partial charge in [0.1, 0.15) is 5.75 Å². The number of amides is 1. The predicted octanol–water partition coefficient (Wildman–Crippen LogP) is 1.97. The zero-order chi connectivity index (χ0) is 15.5. The van der Waals surface area contributed by atoms with Gasteiger partial charge in [0, 0.05) is 13.0 Å². The van der Waals surface area contributed by atoms with Crippen molar-refractivity contribution >= 4 is 27.3 Å². The van der Waals surface area contributed by atoms with Crippen LogP contribution in [0.4, 0.5) is 11.4 Å². The van der Waals surface area contributed by atoms with Crippen LogP contribution in [0.15, 0.2) is 18.2 Å². The molecule has 2 rings (SSSR count). The van der Waals surface area contributed by atoms with E-state index in [2.05, 4.69) is 4.72 Å². The van der Waals surface area contributed by atoms with E-state index in [0.29, 0.717) is 30.1 Å². The van der Waals surface area contributed by atoms with E-state index >= 15 is 0 Å². The van der Waals surface area contributed by atoms with Crippen LogP contribution in [0.2, 0.25) is 0 Å². The number of carbonyl (C=O) groups excluding carboxylic acids is 1. The first-order chi connectivity index (χ1) is 9.96. The molecule has 1 aromatic rings. The number of hydrogen-bond donors (Lipinski definition) is 1. The minimum absolute atomic E-state index is 0.00297. The Morgan fingerprint density at radius 1 is 1.33 bits per heavy atom. The molecule has 0 spiro atoms. The Hall–Kier alpha value is -1.76. The maximum atomic E-state index is 12.0. The molecule has 1 fully saturated rings. The fraction of sp³-hybridized carbons (Fsp3) is 0.500. The maximum Gasteiger partial charge on any atom is 0.232 e. The van der Waals surface area contributed by atoms with E-state index in [0.717, 1.165) is 12.8 Å². The highest BCUT2D eigenvalue weighted by molar-refractivity contribution is 7.92. The number of benzene rings is 1. The van der Waals surface area contributed by atoms with Gasteiger partial charge in [-0.2, -0.15) is 0 Å². The highest BCUT2D eigenvalue weighted by atomic mass is 32.2. The Kier molecular flexibility index (Phi) is 4.72. The molecule has 0 atom stereocenters. The van der Waals surface area contributed by atoms with Crippen LogP contribution < -0.4 is 14.4 Å². The van der Waals surface area contributed by atoms with E-state index < -0.39 is 10.0 Å². The fourth-order valence-electron chi connectivity index (χ4n) is 2.28. The molecule has 0 unspecified atom stereocenters. The molecule has 1 saturated heterocycles. The van der Waals surface area contributed by atoms with Gasteiger partial charge in [0.25, 0.3) is 0 Å². The summed E-state index contributed by atoms with van der Waals surface area (Å²) >= 11 is 0. The number of nitrogens with one attached hydrogen (secondary N) is 1. The molecule has 116 valence electrons. The van der Waals surface area contributed by atoms with Gasteiger partial charge in [-0.3, -0.25) is 9.52 Å². The van der Waals surface area contributed by atoms with Gasteiger partial charge in [-0.25, -0.2) is 8.42 Å². The minimum Gasteiger partial charge on any atom is -0.495 e. The molecule has 0 saturated carbocycles. The van der Waals surface area contributed by atoms with E-state index in [4.69, 9.17) is 4.74 Å². The van der Waals surface area contributed by atoms with E-state index in [1.165, 1.54) is 7.11 Å². The number of methoxy groups -OCH3 is 1. The van der Waals surface area contributed by atoms with E-state index in [1.807, 2.05) is 0 Å². The molecule has 0 radical (unpaired) electrons. The van der Waals surface area contributed by atoms with Gasteiger partial charge in [-0.05, 0) is 38.0 Å². The molecule has 1 aliphatic heterocycles. The Bertz CT molecular complexity index is 628. The second-order valence-electron chi connectivity index (χ2n) is 4.89. The average molecular weight is 312 g/mol. The molecule has 0 bridgehead atoms. The van der Waals surface area contributed by atoms with Crippen LogP contribution in [0.1, 0.15) is 26.2 Å². The van der Waals surface area contributed by atoms with Gasteiger partial charge in [0.2, 0.25) is 15.9 Å². The summed E-state index contributed by atoms with van der Waals surface area (Å²) < 4.78 is 31.1. The van der Waals surface area contributed by atoms with Gasteiger partial charge in [0.05, 0.1) is 24.2 Å². The minimum atomic E-state index is -3.35. The van der Waals surface area contributed by atoms with Gasteiger partial charge in [-0.1, -0.05) is 0 Å². The highest BCUT2D eigenvalue weighted by Gasteiger charge is 2.23. The van der Waals surface area contributed by atoms with Crippen molar-refractivity contribution in [1.29, 1.82) is 0 Å². The first kappa shape index (κ1) is 15.6. The largest absolute Gasteiger partial charge is 0.495 e. The summed E-state index contributed by atoms with van der Waals surface area (Å²) in [7, 11) is -1.82. The summed E-state index contributed by atoms with van der Waals surface area (Å²) in [5, 5.41) is 0. The summed E-state index contributed by atoms with van der Waals surface area (Å²) in [5.74, 6) is 0.594. The Balaban J connectivity index is 2.36. The molecule has 21 heavy (non-hydrogen) atoms. The standard InChI is InChI=1S/C14H20N2O4S/c1-3-21(18,19)15-11-7-8-13(20-2)12(10-11)16-9-5-4-6-14(16)17/h7-8,10,15H,3-6,9H2,1-2H3. The third-order valence-corrected chi connectivity index (χ3v) is 4.75. The zero-order valence-electron chi connectivity index (χ0n) is 12.3. The van der Waals surface area contributed by atoms with Crippen LogP contribution in [-0.4, -0.2) is 33.7 Å². The van der Waals surface area contributed by atoms with Crippen LogP contribution in [0, 0.1) is 0 Å². The third-order valence-electron chi connectivity index (χ3n) is 3.45. The number of hydrogen-bond acceptors (Lipinski definition) is 4. The molecule has 0 aliphatic carbocycles. The summed E-state index contributed by atoms with van der Waals surface area (Å²) in [6.45, 7) is 2.19. The topological polar surface area (TPSA) is 75.7 Å². The predicted molar refractivity (Wildman–Crippen MR) is 82.3 cm³/mol. The van der Waals surface area contributed by atoms with Crippen LogP contribution in [0.3, 0.4) is 0 Å². The number of sulfonamides is 1. The van der Waals surface area contributed by atoms with Gasteiger partial charge in [0.15, 0.2) is 0 Å². The number of rotatable bonds is 5. The Morgan fingerprint density at radius 2 is 2.10 bits per heavy atom. The monoisotopic (exact) mass is 312 g/mol. The van der Waals surface area contributed by atoms with Crippen LogP contribution in [0.25, 0.3) is 0 Å². The zero-order valence-corrected chi connectivity index (χ0v) is 13.1. The second kappa shape index (κ2) is 6.34. The summed E-state index contributed by atoms with van der Waals surface area (Å²) in [5.41, 5.74) is 1.05. The molecule has 7 heteroatoms. The second-order valence-corrected chi connectivity index (χ2v) is 6.91. The highest BCUT2D eigenvalue weighted by Crippen LogP contribution is 2.33. The summed E-state index contributed by atoms with van der Waals surface area (Å²) in [6.07, 6.45) is 2.33. The van der Waals surface area contributed by atoms with Crippen molar-refractivity contribution in [3.8, 4) is 5.75 Å². The third kappa shape index (κ3) is 3.66. The molecule has 1 aliphatic rings. The van der Waals surface area contributed by atoms with E-state index in [-0.39, 0.29) is 11.7 Å². The first-order valence-corrected chi connectivity index (χ1v) is 8.61. The van der Waals surface area contributed by atoms with Crippen molar-refractivity contribution in [1.82, 2.24) is 0 Å². The molecule has 1 amide bonds. The molecule has 1 aromatic carbocycles. The smallest absolute Gasteiger partial charge is 0.232 e. The van der Waals surface area contributed by atoms with Crippen molar-refractivity contribution < 1.29 is 17.9 Å². The van der Waals surface area contributed by atoms with Crippen molar-refractivity contribution in [2.75, 3.05) is 29.0 Å². The van der Waals surface area contributed by atoms with Crippen molar-refractivity contribution in [2.24, 2.45) is 0 Å². The lowest BCUT2D eigenvalue weighted by Gasteiger charge is -2.28. The van der Waals surface area contributed by atoms with Crippen LogP contribution in [-0.2, 0) is 14.8 Å². The normalized spacial score (nSPS) is 15.9. The lowest BCUT2D eigenvalue weighted by Crippen LogP contribution is -2.35. The summed E-state index contributed by atoms with van der Waals surface area (Å²) in [6, 6.07) is 4.95. The molecule has 0 aromatic heterocycles. The van der Waals surface area contributed by atoms with E-state index in [1.54, 1.807) is 30.0 Å². The fourth-order valence-corrected chi connectivity index (χ4v) is 2.91. The van der Waals surface area contributed by atoms with Gasteiger partial charge in [-0.15, -0.1) is 0 Å². The number of carbonyl (C=O) groups is 1. The Morgan fingerprint density at radius 3 is 2.71 bits per heavy atom. The van der Waals surface area contributed by atoms with Crippen LogP contribution >= 0.6 is 0 Å². The SMILES string of the molecule is CCS(=O)(=O)Nc1ccc(OC)c(N2CCCCC2=O)c1. The maximum absolute atomic E-state index is 12.0. The first-order valence-electron chi connectivity index (χ1n) is 6.95.